The molecule has 0 fully saturated rings. The second-order valence-electron chi connectivity index (χ2n) is 11.7. The summed E-state index contributed by atoms with van der Waals surface area (Å²) in [4.78, 5) is 80.2. The van der Waals surface area contributed by atoms with Crippen LogP contribution in [-0.4, -0.2) is 88.9 Å². The lowest BCUT2D eigenvalue weighted by Gasteiger charge is -2.27. The molecule has 1 aromatic carbocycles. The molecule has 0 saturated heterocycles. The number of nitrogens with zero attached hydrogens (tertiary/aromatic N) is 1. The van der Waals surface area contributed by atoms with E-state index in [0.717, 1.165) is 5.56 Å². The Bertz CT molecular complexity index is 1220. The van der Waals surface area contributed by atoms with Gasteiger partial charge >= 0.3 is 11.9 Å². The molecule has 1 aromatic rings. The third kappa shape index (κ3) is 16.0. The number of aliphatic imine (C=N–C) groups is 1. The van der Waals surface area contributed by atoms with Crippen LogP contribution in [0.2, 0.25) is 0 Å². The topological polar surface area (TPSA) is 295 Å². The van der Waals surface area contributed by atoms with Crippen molar-refractivity contribution in [2.24, 2.45) is 39.8 Å². The number of carbonyl (C=O) groups excluding carboxylic acids is 4. The van der Waals surface area contributed by atoms with Crippen molar-refractivity contribution in [2.45, 2.75) is 89.4 Å². The Morgan fingerprint density at radius 2 is 1.43 bits per heavy atom. The van der Waals surface area contributed by atoms with Crippen LogP contribution in [0.15, 0.2) is 35.3 Å². The number of Topliss-reactive ketones (excluding diaryl/α,β-unsaturated/α-hetero) is 1. The zero-order valence-corrected chi connectivity index (χ0v) is 27.0. The first-order valence-corrected chi connectivity index (χ1v) is 15.6. The van der Waals surface area contributed by atoms with E-state index in [1.165, 1.54) is 0 Å². The highest BCUT2D eigenvalue weighted by molar-refractivity contribution is 5.97. The molecule has 47 heavy (non-hydrogen) atoms. The van der Waals surface area contributed by atoms with Crippen LogP contribution in [0, 0.1) is 11.8 Å². The maximum atomic E-state index is 13.3. The van der Waals surface area contributed by atoms with Crippen molar-refractivity contribution >= 4 is 41.4 Å². The van der Waals surface area contributed by atoms with Gasteiger partial charge in [-0.05, 0) is 56.6 Å². The van der Waals surface area contributed by atoms with Gasteiger partial charge in [-0.3, -0.25) is 33.8 Å². The first-order chi connectivity index (χ1) is 22.2. The zero-order chi connectivity index (χ0) is 35.5. The maximum Gasteiger partial charge on any atom is 0.307 e. The van der Waals surface area contributed by atoms with Gasteiger partial charge in [-0.2, -0.15) is 0 Å². The summed E-state index contributed by atoms with van der Waals surface area (Å²) in [5.41, 5.74) is 22.8. The van der Waals surface area contributed by atoms with Crippen molar-refractivity contribution in [3.63, 3.8) is 0 Å². The van der Waals surface area contributed by atoms with E-state index in [1.54, 1.807) is 44.2 Å². The number of nitrogens with one attached hydrogen (secondary N) is 3. The van der Waals surface area contributed by atoms with E-state index in [2.05, 4.69) is 20.9 Å². The van der Waals surface area contributed by atoms with Gasteiger partial charge in [0.1, 0.15) is 12.1 Å². The number of rotatable bonds is 23. The fourth-order valence-corrected chi connectivity index (χ4v) is 4.74. The molecule has 16 heteroatoms. The minimum Gasteiger partial charge on any atom is -0.481 e. The molecule has 0 aromatic heterocycles. The number of hydrogen-bond donors (Lipinski definition) is 9. The Kier molecular flexibility index (Phi) is 18.3. The Morgan fingerprint density at radius 1 is 0.809 bits per heavy atom. The molecule has 262 valence electrons. The zero-order valence-electron chi connectivity index (χ0n) is 27.0. The van der Waals surface area contributed by atoms with E-state index in [0.29, 0.717) is 25.8 Å². The molecular formula is C31H50N8O8. The molecule has 5 atom stereocenters. The minimum atomic E-state index is -1.61. The summed E-state index contributed by atoms with van der Waals surface area (Å²) < 4.78 is 0. The summed E-state index contributed by atoms with van der Waals surface area (Å²) in [6, 6.07) is 3.84. The first-order valence-electron chi connectivity index (χ1n) is 15.6. The summed E-state index contributed by atoms with van der Waals surface area (Å²) in [7, 11) is 0. The van der Waals surface area contributed by atoms with Crippen molar-refractivity contribution < 1.29 is 39.0 Å². The lowest BCUT2D eigenvalue weighted by atomic mass is 9.89. The molecule has 0 heterocycles. The van der Waals surface area contributed by atoms with Crippen molar-refractivity contribution in [1.29, 1.82) is 0 Å². The number of nitrogens with two attached hydrogens (primary N) is 4. The lowest BCUT2D eigenvalue weighted by molar-refractivity contribution is -0.144. The smallest absolute Gasteiger partial charge is 0.307 e. The molecule has 0 radical (unpaired) electrons. The van der Waals surface area contributed by atoms with Crippen LogP contribution in [0.3, 0.4) is 0 Å². The Balaban J connectivity index is 3.06. The number of ketones is 1. The number of benzene rings is 1. The second kappa shape index (κ2) is 21.3. The van der Waals surface area contributed by atoms with Gasteiger partial charge < -0.3 is 49.1 Å². The average molecular weight is 663 g/mol. The third-order valence-electron chi connectivity index (χ3n) is 7.33. The summed E-state index contributed by atoms with van der Waals surface area (Å²) in [5.74, 6) is -7.22. The van der Waals surface area contributed by atoms with E-state index in [-0.39, 0.29) is 38.2 Å². The highest BCUT2D eigenvalue weighted by Gasteiger charge is 2.34. The number of carboxylic acids is 2. The summed E-state index contributed by atoms with van der Waals surface area (Å²) in [5, 5.41) is 26.7. The molecule has 1 rings (SSSR count). The van der Waals surface area contributed by atoms with Crippen LogP contribution < -0.4 is 38.9 Å². The van der Waals surface area contributed by atoms with Gasteiger partial charge in [0, 0.05) is 13.0 Å². The second-order valence-corrected chi connectivity index (χ2v) is 11.7. The van der Waals surface area contributed by atoms with Gasteiger partial charge in [0.25, 0.3) is 0 Å². The molecular weight excluding hydrogens is 612 g/mol. The molecule has 0 saturated carbocycles. The molecule has 0 bridgehead atoms. The van der Waals surface area contributed by atoms with E-state index >= 15 is 0 Å². The first kappa shape index (κ1) is 40.5. The number of carbonyl (C=O) groups is 6. The van der Waals surface area contributed by atoms with Gasteiger partial charge in [-0.15, -0.1) is 0 Å². The number of hydrogen-bond acceptors (Lipinski definition) is 9. The standard InChI is InChI=1S/C31H50N8O8/c1-18(2)26(24(40)16-20(30(46)47)15-19-9-4-3-5-10-19)39-29(45)23(17-25(41)42)38-28(44)22(12-6-7-13-32)37-27(43)21(33)11-8-14-36-31(34)35/h3-5,9-10,18,20-23,26H,6-8,11-17,32-33H2,1-2H3,(H,37,43)(H,38,44)(H,39,45)(H,41,42)(H,46,47)(H4,34,35,36)/t20?,21-,22+,23-,26?/m0/s1. The van der Waals surface area contributed by atoms with Crippen LogP contribution in [0.5, 0.6) is 0 Å². The fraction of sp³-hybridized carbons (Fsp3) is 0.581. The number of guanidine groups is 1. The number of aliphatic carboxylic acids is 2. The van der Waals surface area contributed by atoms with E-state index in [9.17, 15) is 39.0 Å². The summed E-state index contributed by atoms with van der Waals surface area (Å²) in [6.07, 6.45) is 0.582. The molecule has 0 aliphatic rings. The van der Waals surface area contributed by atoms with Crippen LogP contribution in [0.25, 0.3) is 0 Å². The molecule has 0 spiro atoms. The van der Waals surface area contributed by atoms with E-state index in [1.807, 2.05) is 0 Å². The van der Waals surface area contributed by atoms with Crippen molar-refractivity contribution in [1.82, 2.24) is 16.0 Å². The molecule has 2 unspecified atom stereocenters. The predicted molar refractivity (Wildman–Crippen MR) is 175 cm³/mol. The Morgan fingerprint density at radius 3 is 1.98 bits per heavy atom. The van der Waals surface area contributed by atoms with Crippen LogP contribution >= 0.6 is 0 Å². The molecule has 3 amide bonds. The van der Waals surface area contributed by atoms with Gasteiger partial charge in [-0.25, -0.2) is 0 Å². The normalized spacial score (nSPS) is 14.1. The maximum absolute atomic E-state index is 13.3. The van der Waals surface area contributed by atoms with E-state index < -0.39 is 77.9 Å². The summed E-state index contributed by atoms with van der Waals surface area (Å²) >= 11 is 0. The van der Waals surface area contributed by atoms with Crippen LogP contribution in [0.4, 0.5) is 0 Å². The van der Waals surface area contributed by atoms with Crippen molar-refractivity contribution in [3.8, 4) is 0 Å². The molecule has 13 N–H and O–H groups in total. The van der Waals surface area contributed by atoms with Gasteiger partial charge in [0.2, 0.25) is 17.7 Å². The lowest BCUT2D eigenvalue weighted by Crippen LogP contribution is -2.58. The quantitative estimate of drug-likeness (QED) is 0.0387. The van der Waals surface area contributed by atoms with Crippen molar-refractivity contribution in [3.05, 3.63) is 35.9 Å². The largest absolute Gasteiger partial charge is 0.481 e. The predicted octanol–water partition coefficient (Wildman–Crippen LogP) is -1.02. The minimum absolute atomic E-state index is 0.0928. The molecule has 0 aliphatic carbocycles. The van der Waals surface area contributed by atoms with Gasteiger partial charge in [-0.1, -0.05) is 44.2 Å². The number of unbranched alkanes of at least 4 members (excludes halogenated alkanes) is 1. The van der Waals surface area contributed by atoms with Crippen LogP contribution in [-0.2, 0) is 35.2 Å². The van der Waals surface area contributed by atoms with Crippen molar-refractivity contribution in [2.75, 3.05) is 13.1 Å². The number of carboxylic acid groups (broad SMARTS) is 2. The number of amides is 3. The Labute approximate surface area is 274 Å². The van der Waals surface area contributed by atoms with E-state index in [4.69, 9.17) is 22.9 Å². The monoisotopic (exact) mass is 662 g/mol. The van der Waals surface area contributed by atoms with Crippen LogP contribution in [0.1, 0.15) is 64.4 Å². The SMILES string of the molecule is CC(C)C(NC(=O)[C@H](CC(=O)O)NC(=O)[C@@H](CCCCN)NC(=O)[C@@H](N)CCCN=C(N)N)C(=O)CC(Cc1ccccc1)C(=O)O. The van der Waals surface area contributed by atoms with Gasteiger partial charge in [0.05, 0.1) is 24.4 Å². The molecule has 16 nitrogen and oxygen atoms in total. The highest BCUT2D eigenvalue weighted by Crippen LogP contribution is 2.17. The third-order valence-corrected chi connectivity index (χ3v) is 7.33. The molecule has 0 aliphatic heterocycles. The average Bonchev–Trinajstić information content (AvgIpc) is 3.00. The fourth-order valence-electron chi connectivity index (χ4n) is 4.74. The summed E-state index contributed by atoms with van der Waals surface area (Å²) in [6.45, 7) is 3.86. The highest BCUT2D eigenvalue weighted by atomic mass is 16.4. The van der Waals surface area contributed by atoms with Gasteiger partial charge in [0.15, 0.2) is 11.7 Å². The Hall–Kier alpha value is -4.57.